The third-order valence-electron chi connectivity index (χ3n) is 9.71. The van der Waals surface area contributed by atoms with Crippen LogP contribution in [0.1, 0.15) is 98.6 Å². The van der Waals surface area contributed by atoms with Crippen LogP contribution in [0.25, 0.3) is 0 Å². The lowest BCUT2D eigenvalue weighted by Crippen LogP contribution is -2.69. The Morgan fingerprint density at radius 3 is 1.22 bits per heavy atom. The molecule has 0 atom stereocenters. The zero-order valence-corrected chi connectivity index (χ0v) is 28.8. The number of quaternary nitrogens is 1. The van der Waals surface area contributed by atoms with E-state index in [1.54, 1.807) is 0 Å². The largest absolute Gasteiger partial charge is 0.331 e. The molecular formula is C39H62BN. The Morgan fingerprint density at radius 2 is 0.854 bits per heavy atom. The molecule has 1 nitrogen and oxygen atoms in total. The van der Waals surface area contributed by atoms with Crippen LogP contribution in [0.2, 0.25) is 6.32 Å². The molecule has 0 unspecified atom stereocenters. The fourth-order valence-corrected chi connectivity index (χ4v) is 6.77. The number of benzene rings is 3. The molecular weight excluding hydrogens is 493 g/mol. The van der Waals surface area contributed by atoms with E-state index in [0.29, 0.717) is 0 Å². The maximum absolute atomic E-state index is 2.40. The quantitative estimate of drug-likeness (QED) is 0.112. The molecule has 3 aromatic rings. The van der Waals surface area contributed by atoms with E-state index in [0.717, 1.165) is 4.48 Å². The van der Waals surface area contributed by atoms with Crippen LogP contribution in [-0.2, 0) is 0 Å². The molecule has 0 bridgehead atoms. The van der Waals surface area contributed by atoms with Crippen molar-refractivity contribution in [3.63, 3.8) is 0 Å². The molecule has 0 aliphatic carbocycles. The summed E-state index contributed by atoms with van der Waals surface area (Å²) in [4.78, 5) is 0. The van der Waals surface area contributed by atoms with Crippen molar-refractivity contribution in [1.29, 1.82) is 0 Å². The predicted molar refractivity (Wildman–Crippen MR) is 188 cm³/mol. The van der Waals surface area contributed by atoms with Crippen molar-refractivity contribution < 1.29 is 4.48 Å². The molecule has 0 aliphatic rings. The van der Waals surface area contributed by atoms with Crippen LogP contribution < -0.4 is 16.4 Å². The average molecular weight is 556 g/mol. The SMILES string of the molecule is CCCCCCCC[N+](C)(C)C.CCCC[B-](c1cccc(C)c1C)(c1cccc(C)c1C)c1cccc(C)c1C. The summed E-state index contributed by atoms with van der Waals surface area (Å²) < 4.78 is 1.12. The standard InChI is InChI=1S/C28H36B.C11H26N/c1-8-9-19-29(26-16-10-13-20(2)23(26)5,27-17-11-14-21(3)24(27)6)28-18-12-15-22(4)25(28)7;1-5-6-7-8-9-10-11-12(2,3)4/h10-18H,8-9,19H2,1-7H3;5-11H2,1-4H3/q-1;+1. The summed E-state index contributed by atoms with van der Waals surface area (Å²) in [6.07, 6.45) is 11.1. The Balaban J connectivity index is 0.000000415. The summed E-state index contributed by atoms with van der Waals surface area (Å²) in [5, 5.41) is 0. The minimum Gasteiger partial charge on any atom is -0.331 e. The maximum atomic E-state index is 2.40. The molecule has 3 aromatic carbocycles. The summed E-state index contributed by atoms with van der Waals surface area (Å²) in [5.41, 5.74) is 13.1. The molecule has 0 fully saturated rings. The Kier molecular flexibility index (Phi) is 13.9. The monoisotopic (exact) mass is 555 g/mol. The molecule has 3 rings (SSSR count). The van der Waals surface area contributed by atoms with Gasteiger partial charge in [-0.05, 0) is 54.4 Å². The van der Waals surface area contributed by atoms with Gasteiger partial charge in [-0.2, -0.15) is 22.7 Å². The molecule has 226 valence electrons. The molecule has 0 saturated carbocycles. The molecule has 0 amide bonds. The maximum Gasteiger partial charge on any atom is 0.0825 e. The number of nitrogens with zero attached hydrogens (tertiary/aromatic N) is 1. The van der Waals surface area contributed by atoms with Crippen LogP contribution in [0.5, 0.6) is 0 Å². The van der Waals surface area contributed by atoms with Crippen molar-refractivity contribution in [3.05, 3.63) is 88.0 Å². The summed E-state index contributed by atoms with van der Waals surface area (Å²) in [5.74, 6) is 0. The van der Waals surface area contributed by atoms with E-state index in [4.69, 9.17) is 0 Å². The molecule has 0 radical (unpaired) electrons. The molecule has 0 aromatic heterocycles. The normalized spacial score (nSPS) is 11.8. The minimum absolute atomic E-state index is 1.05. The van der Waals surface area contributed by atoms with Gasteiger partial charge >= 0.3 is 0 Å². The van der Waals surface area contributed by atoms with Crippen LogP contribution in [-0.4, -0.2) is 38.3 Å². The Labute approximate surface area is 255 Å². The molecule has 0 N–H and O–H groups in total. The summed E-state index contributed by atoms with van der Waals surface area (Å²) >= 11 is 0. The number of aryl methyl sites for hydroxylation is 3. The summed E-state index contributed by atoms with van der Waals surface area (Å²) in [6, 6.07) is 20.8. The van der Waals surface area contributed by atoms with E-state index < -0.39 is 6.15 Å². The van der Waals surface area contributed by atoms with Crippen LogP contribution in [0, 0.1) is 41.5 Å². The predicted octanol–water partition coefficient (Wildman–Crippen LogP) is 8.86. The van der Waals surface area contributed by atoms with Gasteiger partial charge in [0.2, 0.25) is 0 Å². The van der Waals surface area contributed by atoms with Gasteiger partial charge in [-0.3, -0.25) is 0 Å². The van der Waals surface area contributed by atoms with Gasteiger partial charge in [0.1, 0.15) is 0 Å². The summed E-state index contributed by atoms with van der Waals surface area (Å²) in [6.45, 7) is 19.6. The molecule has 0 saturated heterocycles. The zero-order chi connectivity index (χ0) is 30.6. The van der Waals surface area contributed by atoms with E-state index in [-0.39, 0.29) is 0 Å². The number of hydrogen-bond donors (Lipinski definition) is 0. The van der Waals surface area contributed by atoms with Crippen molar-refractivity contribution in [2.24, 2.45) is 0 Å². The van der Waals surface area contributed by atoms with Crippen molar-refractivity contribution in [2.75, 3.05) is 27.7 Å². The van der Waals surface area contributed by atoms with Gasteiger partial charge in [-0.15, -0.1) is 0 Å². The molecule has 41 heavy (non-hydrogen) atoms. The number of rotatable bonds is 13. The van der Waals surface area contributed by atoms with Crippen LogP contribution in [0.4, 0.5) is 0 Å². The topological polar surface area (TPSA) is 0 Å². The first-order valence-corrected chi connectivity index (χ1v) is 16.6. The van der Waals surface area contributed by atoms with Crippen molar-refractivity contribution in [2.45, 2.75) is 113 Å². The third kappa shape index (κ3) is 9.34. The smallest absolute Gasteiger partial charge is 0.0825 e. The lowest BCUT2D eigenvalue weighted by molar-refractivity contribution is -0.870. The van der Waals surface area contributed by atoms with E-state index in [1.165, 1.54) is 114 Å². The van der Waals surface area contributed by atoms with Gasteiger partial charge in [0.25, 0.3) is 0 Å². The number of hydrogen-bond acceptors (Lipinski definition) is 0. The Hall–Kier alpha value is -2.32. The highest BCUT2D eigenvalue weighted by atomic mass is 15.3. The fourth-order valence-electron chi connectivity index (χ4n) is 6.77. The van der Waals surface area contributed by atoms with E-state index >= 15 is 0 Å². The van der Waals surface area contributed by atoms with Crippen LogP contribution in [0.15, 0.2) is 54.6 Å². The molecule has 0 heterocycles. The van der Waals surface area contributed by atoms with Crippen LogP contribution >= 0.6 is 0 Å². The van der Waals surface area contributed by atoms with E-state index in [2.05, 4.69) is 131 Å². The Morgan fingerprint density at radius 1 is 0.488 bits per heavy atom. The van der Waals surface area contributed by atoms with Gasteiger partial charge < -0.3 is 4.48 Å². The highest BCUT2D eigenvalue weighted by Crippen LogP contribution is 2.23. The van der Waals surface area contributed by atoms with Gasteiger partial charge in [-0.1, -0.05) is 140 Å². The zero-order valence-electron chi connectivity index (χ0n) is 28.8. The van der Waals surface area contributed by atoms with Crippen molar-refractivity contribution in [3.8, 4) is 0 Å². The van der Waals surface area contributed by atoms with Gasteiger partial charge in [0.05, 0.1) is 33.8 Å². The van der Waals surface area contributed by atoms with Gasteiger partial charge in [0.15, 0.2) is 0 Å². The lowest BCUT2D eigenvalue weighted by Gasteiger charge is -2.47. The molecule has 2 heteroatoms. The lowest BCUT2D eigenvalue weighted by atomic mass is 9.12. The van der Waals surface area contributed by atoms with Crippen molar-refractivity contribution >= 4 is 22.5 Å². The second-order valence-corrected chi connectivity index (χ2v) is 13.8. The highest BCUT2D eigenvalue weighted by molar-refractivity contribution is 7.12. The average Bonchev–Trinajstić information content (AvgIpc) is 2.92. The first-order chi connectivity index (χ1) is 19.4. The Bertz CT molecular complexity index is 1090. The molecule has 0 spiro atoms. The number of unbranched alkanes of at least 4 members (excludes halogenated alkanes) is 6. The van der Waals surface area contributed by atoms with E-state index in [1.807, 2.05) is 0 Å². The van der Waals surface area contributed by atoms with Gasteiger partial charge in [-0.25, -0.2) is 0 Å². The first kappa shape index (κ1) is 34.9. The summed E-state index contributed by atoms with van der Waals surface area (Å²) in [7, 11) is 6.81. The molecule has 0 aliphatic heterocycles. The first-order valence-electron chi connectivity index (χ1n) is 16.6. The van der Waals surface area contributed by atoms with E-state index in [9.17, 15) is 0 Å². The van der Waals surface area contributed by atoms with Crippen molar-refractivity contribution in [1.82, 2.24) is 0 Å². The second-order valence-electron chi connectivity index (χ2n) is 13.8. The van der Waals surface area contributed by atoms with Crippen LogP contribution in [0.3, 0.4) is 0 Å². The fraction of sp³-hybridized carbons (Fsp3) is 0.538. The third-order valence-corrected chi connectivity index (χ3v) is 9.71. The second kappa shape index (κ2) is 16.4. The van der Waals surface area contributed by atoms with Gasteiger partial charge in [0, 0.05) is 0 Å². The minimum atomic E-state index is -1.05. The highest BCUT2D eigenvalue weighted by Gasteiger charge is 2.33.